The van der Waals surface area contributed by atoms with Gasteiger partial charge in [0, 0.05) is 25.2 Å². The van der Waals surface area contributed by atoms with Crippen molar-refractivity contribution < 1.29 is 13.9 Å². The maximum atomic E-state index is 13.5. The van der Waals surface area contributed by atoms with Gasteiger partial charge in [-0.2, -0.15) is 0 Å². The topological polar surface area (TPSA) is 39.5 Å². The maximum Gasteiger partial charge on any atom is 0.135 e. The largest absolute Gasteiger partial charge is 0.497 e. The molecule has 6 heteroatoms. The Kier molecular flexibility index (Phi) is 4.60. The first kappa shape index (κ1) is 18.3. The van der Waals surface area contributed by atoms with E-state index in [4.69, 9.17) is 9.47 Å². The Bertz CT molecular complexity index is 1030. The molecule has 0 unspecified atom stereocenters. The van der Waals surface area contributed by atoms with Gasteiger partial charge in [-0.05, 0) is 36.2 Å². The lowest BCUT2D eigenvalue weighted by Gasteiger charge is -2.35. The molecule has 1 atom stereocenters. The van der Waals surface area contributed by atoms with Crippen molar-refractivity contribution in [2.75, 3.05) is 20.2 Å². The van der Waals surface area contributed by atoms with Gasteiger partial charge in [-0.3, -0.25) is 4.90 Å². The molecule has 5 nitrogen and oxygen atoms in total. The van der Waals surface area contributed by atoms with Gasteiger partial charge in [-0.1, -0.05) is 24.3 Å². The van der Waals surface area contributed by atoms with Crippen LogP contribution in [0.15, 0.2) is 54.7 Å². The Morgan fingerprint density at radius 1 is 1.17 bits per heavy atom. The molecule has 2 aromatic carbocycles. The number of benzene rings is 2. The van der Waals surface area contributed by atoms with Crippen molar-refractivity contribution >= 4 is 0 Å². The Morgan fingerprint density at radius 2 is 2.07 bits per heavy atom. The number of fused-ring (bicyclic) bond motifs is 1. The smallest absolute Gasteiger partial charge is 0.135 e. The van der Waals surface area contributed by atoms with Gasteiger partial charge in [0.2, 0.25) is 0 Å². The summed E-state index contributed by atoms with van der Waals surface area (Å²) in [4.78, 5) is 6.93. The molecule has 0 saturated carbocycles. The van der Waals surface area contributed by atoms with E-state index in [2.05, 4.69) is 20.5 Å². The minimum atomic E-state index is -0.228. The van der Waals surface area contributed by atoms with E-state index >= 15 is 0 Å². The SMILES string of the molecule is COc1cccc(-c2cnc3n2C[C@@]2(CCN(Cc4cccc(F)c4)C2)OC3)c1. The summed E-state index contributed by atoms with van der Waals surface area (Å²) in [6, 6.07) is 14.9. The van der Waals surface area contributed by atoms with Crippen LogP contribution >= 0.6 is 0 Å². The van der Waals surface area contributed by atoms with Crippen LogP contribution < -0.4 is 4.74 Å². The summed E-state index contributed by atoms with van der Waals surface area (Å²) in [6.45, 7) is 3.79. The van der Waals surface area contributed by atoms with Gasteiger partial charge in [0.1, 0.15) is 29.6 Å². The van der Waals surface area contributed by atoms with E-state index < -0.39 is 0 Å². The first-order chi connectivity index (χ1) is 14.1. The van der Waals surface area contributed by atoms with Gasteiger partial charge in [-0.15, -0.1) is 0 Å². The summed E-state index contributed by atoms with van der Waals surface area (Å²) in [6.07, 6.45) is 2.88. The maximum absolute atomic E-state index is 13.5. The molecule has 2 aliphatic heterocycles. The molecule has 0 bridgehead atoms. The average molecular weight is 393 g/mol. The van der Waals surface area contributed by atoms with Crippen molar-refractivity contribution in [1.29, 1.82) is 0 Å². The number of aromatic nitrogens is 2. The summed E-state index contributed by atoms with van der Waals surface area (Å²) in [5, 5.41) is 0. The van der Waals surface area contributed by atoms with Gasteiger partial charge in [0.25, 0.3) is 0 Å². The van der Waals surface area contributed by atoms with Crippen LogP contribution in [0.4, 0.5) is 4.39 Å². The quantitative estimate of drug-likeness (QED) is 0.675. The van der Waals surface area contributed by atoms with E-state index in [0.29, 0.717) is 6.61 Å². The third-order valence-corrected chi connectivity index (χ3v) is 5.95. The minimum Gasteiger partial charge on any atom is -0.497 e. The lowest BCUT2D eigenvalue weighted by Crippen LogP contribution is -2.44. The second-order valence-electron chi connectivity index (χ2n) is 7.94. The first-order valence-corrected chi connectivity index (χ1v) is 9.94. The first-order valence-electron chi connectivity index (χ1n) is 9.94. The number of hydrogen-bond acceptors (Lipinski definition) is 4. The summed E-state index contributed by atoms with van der Waals surface area (Å²) in [5.41, 5.74) is 2.95. The number of likely N-dealkylation sites (tertiary alicyclic amines) is 1. The average Bonchev–Trinajstić information content (AvgIpc) is 3.32. The summed E-state index contributed by atoms with van der Waals surface area (Å²) in [5.74, 6) is 1.61. The monoisotopic (exact) mass is 393 g/mol. The highest BCUT2D eigenvalue weighted by molar-refractivity contribution is 5.61. The second kappa shape index (κ2) is 7.28. The summed E-state index contributed by atoms with van der Waals surface area (Å²) in [7, 11) is 1.68. The predicted octanol–water partition coefficient (Wildman–Crippen LogP) is 3.87. The zero-order valence-electron chi connectivity index (χ0n) is 16.5. The number of methoxy groups -OCH3 is 1. The fourth-order valence-corrected chi connectivity index (χ4v) is 4.47. The van der Waals surface area contributed by atoms with Crippen molar-refractivity contribution in [2.45, 2.75) is 31.7 Å². The van der Waals surface area contributed by atoms with Crippen molar-refractivity contribution in [3.63, 3.8) is 0 Å². The number of halogens is 1. The second-order valence-corrected chi connectivity index (χ2v) is 7.94. The molecule has 3 heterocycles. The van der Waals surface area contributed by atoms with E-state index in [0.717, 1.165) is 61.0 Å². The van der Waals surface area contributed by atoms with E-state index in [-0.39, 0.29) is 11.4 Å². The summed E-state index contributed by atoms with van der Waals surface area (Å²) >= 11 is 0. The molecule has 5 rings (SSSR count). The molecule has 0 aliphatic carbocycles. The van der Waals surface area contributed by atoms with E-state index in [1.54, 1.807) is 19.2 Å². The molecule has 1 fully saturated rings. The molecular weight excluding hydrogens is 369 g/mol. The third kappa shape index (κ3) is 3.54. The van der Waals surface area contributed by atoms with Crippen molar-refractivity contribution in [1.82, 2.24) is 14.5 Å². The highest BCUT2D eigenvalue weighted by Gasteiger charge is 2.43. The van der Waals surface area contributed by atoms with Crippen molar-refractivity contribution in [3.05, 3.63) is 71.9 Å². The van der Waals surface area contributed by atoms with Gasteiger partial charge in [0.05, 0.1) is 25.5 Å². The highest BCUT2D eigenvalue weighted by Crippen LogP contribution is 2.36. The highest BCUT2D eigenvalue weighted by atomic mass is 19.1. The number of rotatable bonds is 4. The molecule has 0 radical (unpaired) electrons. The van der Waals surface area contributed by atoms with Crippen LogP contribution in [0.25, 0.3) is 11.3 Å². The minimum absolute atomic E-state index is 0.184. The zero-order chi connectivity index (χ0) is 19.8. The van der Waals surface area contributed by atoms with Gasteiger partial charge >= 0.3 is 0 Å². The van der Waals surface area contributed by atoms with Crippen LogP contribution in [0.5, 0.6) is 5.75 Å². The molecule has 3 aromatic rings. The Hall–Kier alpha value is -2.70. The van der Waals surface area contributed by atoms with Crippen LogP contribution in [0.1, 0.15) is 17.8 Å². The Morgan fingerprint density at radius 3 is 2.93 bits per heavy atom. The number of nitrogens with zero attached hydrogens (tertiary/aromatic N) is 3. The van der Waals surface area contributed by atoms with Crippen LogP contribution in [0, 0.1) is 5.82 Å². The zero-order valence-corrected chi connectivity index (χ0v) is 16.5. The molecule has 0 amide bonds. The van der Waals surface area contributed by atoms with Crippen molar-refractivity contribution in [3.8, 4) is 17.0 Å². The van der Waals surface area contributed by atoms with E-state index in [9.17, 15) is 4.39 Å². The fraction of sp³-hybridized carbons (Fsp3) is 0.348. The number of hydrogen-bond donors (Lipinski definition) is 0. The predicted molar refractivity (Wildman–Crippen MR) is 108 cm³/mol. The molecule has 0 N–H and O–H groups in total. The molecule has 150 valence electrons. The molecule has 29 heavy (non-hydrogen) atoms. The number of imidazole rings is 1. The van der Waals surface area contributed by atoms with Crippen LogP contribution in [-0.2, 0) is 24.4 Å². The normalized spacial score (nSPS) is 21.4. The Balaban J connectivity index is 1.36. The van der Waals surface area contributed by atoms with Gasteiger partial charge in [0.15, 0.2) is 0 Å². The molecular formula is C23H24FN3O2. The number of ether oxygens (including phenoxy) is 2. The molecule has 1 aromatic heterocycles. The Labute approximate surface area is 169 Å². The summed E-state index contributed by atoms with van der Waals surface area (Å²) < 4.78 is 27.5. The van der Waals surface area contributed by atoms with Gasteiger partial charge in [-0.25, -0.2) is 9.37 Å². The van der Waals surface area contributed by atoms with Crippen molar-refractivity contribution in [2.24, 2.45) is 0 Å². The van der Waals surface area contributed by atoms with Crippen LogP contribution in [0.3, 0.4) is 0 Å². The molecule has 2 aliphatic rings. The molecule has 1 saturated heterocycles. The lowest BCUT2D eigenvalue weighted by molar-refractivity contribution is -0.0821. The standard InChI is InChI=1S/C23H24FN3O2/c1-28-20-7-3-5-18(11-20)21-12-25-22-14-29-23(16-27(21)22)8-9-26(15-23)13-17-4-2-6-19(24)10-17/h2-7,10-12H,8-9,13-16H2,1H3/t23-/m0/s1. The van der Waals surface area contributed by atoms with Crippen LogP contribution in [0.2, 0.25) is 0 Å². The van der Waals surface area contributed by atoms with Crippen LogP contribution in [-0.4, -0.2) is 40.3 Å². The third-order valence-electron chi connectivity index (χ3n) is 5.95. The van der Waals surface area contributed by atoms with Gasteiger partial charge < -0.3 is 14.0 Å². The lowest BCUT2D eigenvalue weighted by atomic mass is 10.0. The van der Waals surface area contributed by atoms with E-state index in [1.807, 2.05) is 30.5 Å². The fourth-order valence-electron chi connectivity index (χ4n) is 4.47. The molecule has 1 spiro atoms. The van der Waals surface area contributed by atoms with E-state index in [1.165, 1.54) is 6.07 Å².